The van der Waals surface area contributed by atoms with Crippen LogP contribution in [0.15, 0.2) is 53.0 Å². The van der Waals surface area contributed by atoms with E-state index in [0.717, 1.165) is 21.4 Å². The maximum atomic E-state index is 11.2. The maximum Gasteiger partial charge on any atom is 0.244 e. The third kappa shape index (κ3) is 8.38. The average Bonchev–Trinajstić information content (AvgIpc) is 3.44. The van der Waals surface area contributed by atoms with E-state index >= 15 is 0 Å². The number of allylic oxidation sites excluding steroid dienone is 4. The van der Waals surface area contributed by atoms with Gasteiger partial charge >= 0.3 is 0 Å². The molecule has 2 rings (SSSR count). The molecular formula is C25H33N3O3S2. The number of methoxy groups -OCH3 is 2. The van der Waals surface area contributed by atoms with Crippen LogP contribution in [0.5, 0.6) is 0 Å². The molecular weight excluding hydrogens is 454 g/mol. The van der Waals surface area contributed by atoms with Crippen LogP contribution in [0.25, 0.3) is 16.8 Å². The number of nitrogens with zero attached hydrogens (tertiary/aromatic N) is 2. The average molecular weight is 488 g/mol. The highest BCUT2D eigenvalue weighted by atomic mass is 32.1. The van der Waals surface area contributed by atoms with E-state index < -0.39 is 5.91 Å². The molecule has 0 unspecified atom stereocenters. The van der Waals surface area contributed by atoms with Gasteiger partial charge in [0.25, 0.3) is 0 Å². The van der Waals surface area contributed by atoms with Gasteiger partial charge in [0.2, 0.25) is 5.91 Å². The number of rotatable bonds is 12. The highest BCUT2D eigenvalue weighted by Crippen LogP contribution is 2.29. The van der Waals surface area contributed by atoms with Gasteiger partial charge in [0.15, 0.2) is 0 Å². The quantitative estimate of drug-likeness (QED) is 0.232. The number of nitrogens with two attached hydrogens (primary N) is 1. The van der Waals surface area contributed by atoms with Crippen molar-refractivity contribution in [1.29, 1.82) is 0 Å². The molecule has 0 aliphatic heterocycles. The van der Waals surface area contributed by atoms with Crippen LogP contribution < -0.4 is 5.73 Å². The van der Waals surface area contributed by atoms with Crippen molar-refractivity contribution >= 4 is 34.7 Å². The molecule has 2 heterocycles. The molecule has 178 valence electrons. The molecule has 3 atom stereocenters. The second kappa shape index (κ2) is 13.2. The Bertz CT molecular complexity index is 1020. The number of hydrogen-bond acceptors (Lipinski definition) is 7. The fourth-order valence-electron chi connectivity index (χ4n) is 3.00. The summed E-state index contributed by atoms with van der Waals surface area (Å²) >= 11 is 3.20. The summed E-state index contributed by atoms with van der Waals surface area (Å²) in [7, 11) is 3.12. The van der Waals surface area contributed by atoms with Crippen LogP contribution in [0, 0.1) is 11.8 Å². The van der Waals surface area contributed by atoms with Crippen LogP contribution in [0.3, 0.4) is 0 Å². The van der Waals surface area contributed by atoms with E-state index in [0.29, 0.717) is 11.7 Å². The number of primary amides is 1. The molecule has 6 nitrogen and oxygen atoms in total. The van der Waals surface area contributed by atoms with Gasteiger partial charge in [-0.1, -0.05) is 58.1 Å². The molecule has 0 spiro atoms. The number of aromatic nitrogens is 2. The SMILES string of the molecule is COC(=CC(N)=O)[C@@H](C)[C@@H](C=Cc1csc(-c2csc([C@H](C)C=CC=CC(C)C)n2)n1)OC. The maximum absolute atomic E-state index is 11.2. The predicted octanol–water partition coefficient (Wildman–Crippen LogP) is 5.82. The van der Waals surface area contributed by atoms with E-state index in [1.807, 2.05) is 24.5 Å². The van der Waals surface area contributed by atoms with Crippen LogP contribution in [0.4, 0.5) is 0 Å². The molecule has 0 radical (unpaired) electrons. The second-order valence-electron chi connectivity index (χ2n) is 7.95. The van der Waals surface area contributed by atoms with Crippen LogP contribution in [0.2, 0.25) is 0 Å². The van der Waals surface area contributed by atoms with Gasteiger partial charge in [-0.15, -0.1) is 22.7 Å². The topological polar surface area (TPSA) is 87.3 Å². The lowest BCUT2D eigenvalue weighted by Gasteiger charge is -2.21. The lowest BCUT2D eigenvalue weighted by atomic mass is 10.0. The molecule has 8 heteroatoms. The van der Waals surface area contributed by atoms with Gasteiger partial charge in [0.1, 0.15) is 16.5 Å². The summed E-state index contributed by atoms with van der Waals surface area (Å²) in [6, 6.07) is 0. The largest absolute Gasteiger partial charge is 0.501 e. The predicted molar refractivity (Wildman–Crippen MR) is 138 cm³/mol. The lowest BCUT2D eigenvalue weighted by Crippen LogP contribution is -2.22. The Hall–Kier alpha value is -2.55. The number of carbonyl (C=O) groups excluding carboxylic acids is 1. The first kappa shape index (κ1) is 26.7. The van der Waals surface area contributed by atoms with E-state index in [9.17, 15) is 4.79 Å². The molecule has 0 saturated carbocycles. The summed E-state index contributed by atoms with van der Waals surface area (Å²) in [4.78, 5) is 20.7. The van der Waals surface area contributed by atoms with E-state index in [2.05, 4.69) is 50.5 Å². The Morgan fingerprint density at radius 3 is 2.39 bits per heavy atom. The molecule has 0 bridgehead atoms. The molecule has 0 aliphatic carbocycles. The van der Waals surface area contributed by atoms with Gasteiger partial charge in [0, 0.05) is 35.8 Å². The van der Waals surface area contributed by atoms with Crippen LogP contribution >= 0.6 is 22.7 Å². The Kier molecular flexibility index (Phi) is 10.7. The van der Waals surface area contributed by atoms with Gasteiger partial charge in [-0.25, -0.2) is 9.97 Å². The monoisotopic (exact) mass is 487 g/mol. The lowest BCUT2D eigenvalue weighted by molar-refractivity contribution is -0.113. The van der Waals surface area contributed by atoms with Crippen LogP contribution in [-0.2, 0) is 14.3 Å². The van der Waals surface area contributed by atoms with Crippen molar-refractivity contribution in [3.8, 4) is 10.7 Å². The van der Waals surface area contributed by atoms with E-state index in [1.54, 1.807) is 29.8 Å². The van der Waals surface area contributed by atoms with Gasteiger partial charge in [-0.05, 0) is 12.0 Å². The first-order chi connectivity index (χ1) is 15.7. The number of amides is 1. The summed E-state index contributed by atoms with van der Waals surface area (Å²) in [5.41, 5.74) is 6.97. The Morgan fingerprint density at radius 1 is 1.03 bits per heavy atom. The van der Waals surface area contributed by atoms with Gasteiger partial charge in [0.05, 0.1) is 23.9 Å². The Balaban J connectivity index is 2.09. The zero-order valence-electron chi connectivity index (χ0n) is 20.0. The van der Waals surface area contributed by atoms with E-state index in [1.165, 1.54) is 13.2 Å². The van der Waals surface area contributed by atoms with Gasteiger partial charge < -0.3 is 15.2 Å². The zero-order chi connectivity index (χ0) is 24.4. The number of ether oxygens (including phenoxy) is 2. The summed E-state index contributed by atoms with van der Waals surface area (Å²) in [6.45, 7) is 8.37. The van der Waals surface area contributed by atoms with E-state index in [4.69, 9.17) is 25.2 Å². The minimum absolute atomic E-state index is 0.187. The third-order valence-electron chi connectivity index (χ3n) is 4.85. The molecule has 33 heavy (non-hydrogen) atoms. The van der Waals surface area contributed by atoms with Crippen molar-refractivity contribution in [2.45, 2.75) is 39.7 Å². The summed E-state index contributed by atoms with van der Waals surface area (Å²) in [6.07, 6.45) is 13.3. The second-order valence-corrected chi connectivity index (χ2v) is 9.70. The minimum Gasteiger partial charge on any atom is -0.501 e. The molecule has 2 aromatic rings. The van der Waals surface area contributed by atoms with Crippen molar-refractivity contribution in [2.75, 3.05) is 14.2 Å². The standard InChI is InChI=1S/C25H33N3O3S2/c1-16(2)9-7-8-10-17(3)24-28-20(15-33-24)25-27-19(14-32-25)11-12-21(30-5)18(4)22(31-6)13-23(26)29/h7-18,21H,1-6H3,(H2,26,29)/t17-,18+,21-/m1/s1. The van der Waals surface area contributed by atoms with Crippen LogP contribution in [-0.4, -0.2) is 36.2 Å². The molecule has 1 amide bonds. The van der Waals surface area contributed by atoms with Crippen molar-refractivity contribution in [3.63, 3.8) is 0 Å². The van der Waals surface area contributed by atoms with Crippen LogP contribution in [0.1, 0.15) is 44.3 Å². The van der Waals surface area contributed by atoms with Gasteiger partial charge in [-0.2, -0.15) is 0 Å². The third-order valence-corrected chi connectivity index (χ3v) is 6.78. The summed E-state index contributed by atoms with van der Waals surface area (Å²) in [5.74, 6) is 0.512. The molecule has 0 aromatic carbocycles. The number of hydrogen-bond donors (Lipinski definition) is 1. The Labute approximate surface area is 204 Å². The number of carbonyl (C=O) groups is 1. The van der Waals surface area contributed by atoms with Crippen molar-refractivity contribution in [2.24, 2.45) is 17.6 Å². The molecule has 0 aliphatic rings. The molecule has 0 fully saturated rings. The highest BCUT2D eigenvalue weighted by molar-refractivity contribution is 7.14. The molecule has 2 aromatic heterocycles. The summed E-state index contributed by atoms with van der Waals surface area (Å²) < 4.78 is 10.9. The van der Waals surface area contributed by atoms with Crippen molar-refractivity contribution < 1.29 is 14.3 Å². The smallest absolute Gasteiger partial charge is 0.244 e. The highest BCUT2D eigenvalue weighted by Gasteiger charge is 2.20. The molecule has 2 N–H and O–H groups in total. The number of thiazole rings is 2. The fraction of sp³-hybridized carbons (Fsp3) is 0.400. The Morgan fingerprint density at radius 2 is 1.76 bits per heavy atom. The summed E-state index contributed by atoms with van der Waals surface area (Å²) in [5, 5.41) is 5.98. The fourth-order valence-corrected chi connectivity index (χ4v) is 4.66. The molecule has 0 saturated heterocycles. The minimum atomic E-state index is -0.555. The normalized spacial score (nSPS) is 15.7. The van der Waals surface area contributed by atoms with Crippen molar-refractivity contribution in [1.82, 2.24) is 9.97 Å². The first-order valence-corrected chi connectivity index (χ1v) is 12.5. The van der Waals surface area contributed by atoms with Gasteiger partial charge in [-0.3, -0.25) is 4.79 Å². The van der Waals surface area contributed by atoms with E-state index in [-0.39, 0.29) is 17.9 Å². The van der Waals surface area contributed by atoms with Crippen molar-refractivity contribution in [3.05, 3.63) is 63.7 Å². The first-order valence-electron chi connectivity index (χ1n) is 10.8. The zero-order valence-corrected chi connectivity index (χ0v) is 21.7.